The molecular weight excluding hydrogens is 262 g/mol. The smallest absolute Gasteiger partial charge is 0.142 e. The van der Waals surface area contributed by atoms with Crippen LogP contribution >= 0.6 is 23.5 Å². The molecule has 1 aliphatic heterocycles. The van der Waals surface area contributed by atoms with Gasteiger partial charge in [0.25, 0.3) is 0 Å². The number of rotatable bonds is 5. The Bertz CT molecular complexity index is 356. The van der Waals surface area contributed by atoms with Crippen LogP contribution in [0.2, 0.25) is 0 Å². The Balaban J connectivity index is 2.03. The molecule has 0 bridgehead atoms. The zero-order valence-corrected chi connectivity index (χ0v) is 12.7. The van der Waals surface area contributed by atoms with Gasteiger partial charge in [0, 0.05) is 41.3 Å². The lowest BCUT2D eigenvalue weighted by Gasteiger charge is -2.28. The summed E-state index contributed by atoms with van der Waals surface area (Å²) in [5, 5.41) is 4.44. The van der Waals surface area contributed by atoms with E-state index >= 15 is 0 Å². The molecule has 0 aliphatic carbocycles. The minimum absolute atomic E-state index is 0.474. The van der Waals surface area contributed by atoms with Crippen molar-refractivity contribution in [1.29, 1.82) is 0 Å². The summed E-state index contributed by atoms with van der Waals surface area (Å²) in [7, 11) is 0. The van der Waals surface area contributed by atoms with Crippen molar-refractivity contribution >= 4 is 23.5 Å². The van der Waals surface area contributed by atoms with Crippen molar-refractivity contribution in [3.8, 4) is 0 Å². The molecule has 0 amide bonds. The number of thioether (sulfide) groups is 2. The normalized spacial score (nSPS) is 24.1. The second-order valence-corrected chi connectivity index (χ2v) is 6.94. The second kappa shape index (κ2) is 7.36. The summed E-state index contributed by atoms with van der Waals surface area (Å²) in [5.41, 5.74) is 1.17. The SMILES string of the molecule is CCNCc1cnc(C2SCCSC2CC)nc1. The van der Waals surface area contributed by atoms with Gasteiger partial charge in [0.2, 0.25) is 0 Å². The summed E-state index contributed by atoms with van der Waals surface area (Å²) < 4.78 is 0. The van der Waals surface area contributed by atoms with E-state index in [2.05, 4.69) is 40.9 Å². The molecule has 0 aromatic carbocycles. The van der Waals surface area contributed by atoms with Crippen molar-refractivity contribution in [2.45, 2.75) is 37.3 Å². The molecule has 0 radical (unpaired) electrons. The fourth-order valence-electron chi connectivity index (χ4n) is 2.01. The topological polar surface area (TPSA) is 37.8 Å². The van der Waals surface area contributed by atoms with Gasteiger partial charge in [0.15, 0.2) is 0 Å². The van der Waals surface area contributed by atoms with Crippen LogP contribution in [0.1, 0.15) is 36.9 Å². The molecule has 0 saturated carbocycles. The number of hydrogen-bond donors (Lipinski definition) is 1. The highest BCUT2D eigenvalue weighted by Crippen LogP contribution is 2.42. The Morgan fingerprint density at radius 2 is 1.94 bits per heavy atom. The van der Waals surface area contributed by atoms with Crippen molar-refractivity contribution < 1.29 is 0 Å². The van der Waals surface area contributed by atoms with E-state index in [9.17, 15) is 0 Å². The van der Waals surface area contributed by atoms with E-state index in [1.165, 1.54) is 23.5 Å². The van der Waals surface area contributed by atoms with E-state index in [1.807, 2.05) is 24.2 Å². The largest absolute Gasteiger partial charge is 0.313 e. The Morgan fingerprint density at radius 1 is 1.22 bits per heavy atom. The van der Waals surface area contributed by atoms with Crippen LogP contribution in [-0.2, 0) is 6.54 Å². The van der Waals surface area contributed by atoms with Crippen LogP contribution in [0.25, 0.3) is 0 Å². The number of hydrogen-bond acceptors (Lipinski definition) is 5. The maximum Gasteiger partial charge on any atom is 0.142 e. The standard InChI is InChI=1S/C13H21N3S2/c1-3-11-12(18-6-5-17-11)13-15-8-10(9-16-13)7-14-4-2/h8-9,11-12,14H,3-7H2,1-2H3. The summed E-state index contributed by atoms with van der Waals surface area (Å²) in [6.45, 7) is 6.21. The number of nitrogens with zero attached hydrogens (tertiary/aromatic N) is 2. The molecule has 2 unspecified atom stereocenters. The van der Waals surface area contributed by atoms with Crippen molar-refractivity contribution in [2.24, 2.45) is 0 Å². The van der Waals surface area contributed by atoms with Crippen molar-refractivity contribution in [3.63, 3.8) is 0 Å². The quantitative estimate of drug-likeness (QED) is 0.899. The van der Waals surface area contributed by atoms with E-state index in [0.717, 1.165) is 18.9 Å². The first-order chi connectivity index (χ1) is 8.85. The zero-order chi connectivity index (χ0) is 12.8. The van der Waals surface area contributed by atoms with Gasteiger partial charge in [-0.25, -0.2) is 9.97 Å². The molecule has 1 N–H and O–H groups in total. The van der Waals surface area contributed by atoms with Crippen LogP contribution in [-0.4, -0.2) is 33.3 Å². The second-order valence-electron chi connectivity index (χ2n) is 4.34. The molecule has 2 rings (SSSR count). The average molecular weight is 283 g/mol. The molecule has 3 nitrogen and oxygen atoms in total. The predicted octanol–water partition coefficient (Wildman–Crippen LogP) is 2.89. The molecule has 1 aliphatic rings. The van der Waals surface area contributed by atoms with Gasteiger partial charge in [0.1, 0.15) is 5.82 Å². The Kier molecular flexibility index (Phi) is 5.79. The minimum Gasteiger partial charge on any atom is -0.313 e. The molecule has 1 aromatic heterocycles. The third-order valence-electron chi connectivity index (χ3n) is 3.01. The lowest BCUT2D eigenvalue weighted by Crippen LogP contribution is -2.20. The molecule has 1 fully saturated rings. The summed E-state index contributed by atoms with van der Waals surface area (Å²) >= 11 is 4.08. The van der Waals surface area contributed by atoms with Gasteiger partial charge in [-0.2, -0.15) is 11.8 Å². The highest BCUT2D eigenvalue weighted by Gasteiger charge is 2.28. The van der Waals surface area contributed by atoms with E-state index in [-0.39, 0.29) is 0 Å². The zero-order valence-electron chi connectivity index (χ0n) is 11.1. The molecule has 1 saturated heterocycles. The molecule has 18 heavy (non-hydrogen) atoms. The van der Waals surface area contributed by atoms with Crippen molar-refractivity contribution in [1.82, 2.24) is 15.3 Å². The fourth-order valence-corrected chi connectivity index (χ4v) is 5.02. The Morgan fingerprint density at radius 3 is 2.61 bits per heavy atom. The van der Waals surface area contributed by atoms with Gasteiger partial charge in [0.05, 0.1) is 5.25 Å². The summed E-state index contributed by atoms with van der Waals surface area (Å²) in [5.74, 6) is 3.49. The number of aromatic nitrogens is 2. The summed E-state index contributed by atoms with van der Waals surface area (Å²) in [6.07, 6.45) is 5.14. The van der Waals surface area contributed by atoms with Crippen molar-refractivity contribution in [3.05, 3.63) is 23.8 Å². The average Bonchev–Trinajstić information content (AvgIpc) is 2.45. The van der Waals surface area contributed by atoms with Gasteiger partial charge in [-0.1, -0.05) is 13.8 Å². The monoisotopic (exact) mass is 283 g/mol. The molecule has 2 heterocycles. The first-order valence-electron chi connectivity index (χ1n) is 6.59. The minimum atomic E-state index is 0.474. The molecule has 2 atom stereocenters. The highest BCUT2D eigenvalue weighted by atomic mass is 32.2. The maximum atomic E-state index is 4.57. The van der Waals surface area contributed by atoms with Crippen LogP contribution in [0, 0.1) is 0 Å². The third-order valence-corrected chi connectivity index (χ3v) is 6.25. The predicted molar refractivity (Wildman–Crippen MR) is 81.1 cm³/mol. The van der Waals surface area contributed by atoms with Crippen LogP contribution in [0.15, 0.2) is 12.4 Å². The molecule has 1 aromatic rings. The van der Waals surface area contributed by atoms with Gasteiger partial charge in [-0.3, -0.25) is 0 Å². The van der Waals surface area contributed by atoms with E-state index in [1.54, 1.807) is 0 Å². The van der Waals surface area contributed by atoms with Crippen LogP contribution in [0.5, 0.6) is 0 Å². The van der Waals surface area contributed by atoms with E-state index in [0.29, 0.717) is 10.5 Å². The molecular formula is C13H21N3S2. The first kappa shape index (κ1) is 14.2. The van der Waals surface area contributed by atoms with Crippen LogP contribution < -0.4 is 5.32 Å². The number of nitrogens with one attached hydrogen (secondary N) is 1. The fraction of sp³-hybridized carbons (Fsp3) is 0.692. The van der Waals surface area contributed by atoms with E-state index in [4.69, 9.17) is 0 Å². The first-order valence-corrected chi connectivity index (χ1v) is 8.69. The van der Waals surface area contributed by atoms with Crippen molar-refractivity contribution in [2.75, 3.05) is 18.1 Å². The Labute approximate surface area is 118 Å². The highest BCUT2D eigenvalue weighted by molar-refractivity contribution is 8.06. The molecule has 0 spiro atoms. The lowest BCUT2D eigenvalue weighted by atomic mass is 10.2. The van der Waals surface area contributed by atoms with Gasteiger partial charge >= 0.3 is 0 Å². The summed E-state index contributed by atoms with van der Waals surface area (Å²) in [4.78, 5) is 9.14. The van der Waals surface area contributed by atoms with E-state index < -0.39 is 0 Å². The third kappa shape index (κ3) is 3.62. The maximum absolute atomic E-state index is 4.57. The van der Waals surface area contributed by atoms with Crippen LogP contribution in [0.4, 0.5) is 0 Å². The molecule has 100 valence electrons. The molecule has 5 heteroatoms. The Hall–Kier alpha value is -0.260. The van der Waals surface area contributed by atoms with Gasteiger partial charge < -0.3 is 5.32 Å². The van der Waals surface area contributed by atoms with Crippen LogP contribution in [0.3, 0.4) is 0 Å². The van der Waals surface area contributed by atoms with Gasteiger partial charge in [-0.15, -0.1) is 11.8 Å². The lowest BCUT2D eigenvalue weighted by molar-refractivity contribution is 0.708. The van der Waals surface area contributed by atoms with Gasteiger partial charge in [-0.05, 0) is 13.0 Å². The summed E-state index contributed by atoms with van der Waals surface area (Å²) in [6, 6.07) is 0.